The highest BCUT2D eigenvalue weighted by molar-refractivity contribution is 4.78. The van der Waals surface area contributed by atoms with E-state index in [1.165, 1.54) is 0 Å². The van der Waals surface area contributed by atoms with Gasteiger partial charge in [0.1, 0.15) is 0 Å². The van der Waals surface area contributed by atoms with E-state index in [9.17, 15) is 0 Å². The van der Waals surface area contributed by atoms with Crippen LogP contribution in [0.4, 0.5) is 0 Å². The van der Waals surface area contributed by atoms with Crippen molar-refractivity contribution in [3.63, 3.8) is 0 Å². The molecule has 0 amide bonds. The molecule has 11 heavy (non-hydrogen) atoms. The first-order valence-corrected chi connectivity index (χ1v) is 4.47. The molecule has 0 radical (unpaired) electrons. The summed E-state index contributed by atoms with van der Waals surface area (Å²) in [7, 11) is 0. The third-order valence-corrected chi connectivity index (χ3v) is 2.40. The molecule has 0 saturated carbocycles. The lowest BCUT2D eigenvalue weighted by Crippen LogP contribution is -2.25. The molecule has 0 bridgehead atoms. The molecule has 0 aromatic heterocycles. The third kappa shape index (κ3) is 1.74. The molecule has 0 N–H and O–H groups in total. The molecule has 0 aromatic carbocycles. The highest BCUT2D eigenvalue weighted by Crippen LogP contribution is 2.32. The summed E-state index contributed by atoms with van der Waals surface area (Å²) in [4.78, 5) is 0. The van der Waals surface area contributed by atoms with Crippen LogP contribution >= 0.6 is 0 Å². The maximum absolute atomic E-state index is 5.74. The highest BCUT2D eigenvalue weighted by atomic mass is 16.8. The van der Waals surface area contributed by atoms with Crippen molar-refractivity contribution in [1.29, 1.82) is 0 Å². The molecule has 2 heteroatoms. The van der Waals surface area contributed by atoms with Gasteiger partial charge in [0, 0.05) is 0 Å². The molecule has 1 fully saturated rings. The molecule has 1 unspecified atom stereocenters. The van der Waals surface area contributed by atoms with Crippen molar-refractivity contribution in [2.45, 2.75) is 58.5 Å². The van der Waals surface area contributed by atoms with E-state index < -0.39 is 0 Å². The molecule has 3 atom stereocenters. The molecule has 1 aliphatic heterocycles. The number of ether oxygens (including phenoxy) is 2. The predicted molar refractivity (Wildman–Crippen MR) is 44.4 cm³/mol. The van der Waals surface area contributed by atoms with Gasteiger partial charge < -0.3 is 9.47 Å². The molecule has 1 rings (SSSR count). The third-order valence-electron chi connectivity index (χ3n) is 2.40. The molecule has 1 saturated heterocycles. The largest absolute Gasteiger partial charge is 0.345 e. The topological polar surface area (TPSA) is 18.5 Å². The Morgan fingerprint density at radius 3 is 2.18 bits per heavy atom. The number of hydrogen-bond donors (Lipinski definition) is 0. The van der Waals surface area contributed by atoms with Crippen LogP contribution in [0, 0.1) is 0 Å². The van der Waals surface area contributed by atoms with Crippen molar-refractivity contribution in [2.75, 3.05) is 0 Å². The van der Waals surface area contributed by atoms with E-state index in [1.807, 2.05) is 6.92 Å². The smallest absolute Gasteiger partial charge is 0.166 e. The minimum absolute atomic E-state index is 0.255. The molecule has 1 aliphatic rings. The van der Waals surface area contributed by atoms with Crippen LogP contribution in [0.1, 0.15) is 40.5 Å². The molecular weight excluding hydrogens is 140 g/mol. The van der Waals surface area contributed by atoms with Crippen LogP contribution < -0.4 is 0 Å². The van der Waals surface area contributed by atoms with Gasteiger partial charge in [-0.2, -0.15) is 0 Å². The van der Waals surface area contributed by atoms with Gasteiger partial charge in [0.2, 0.25) is 0 Å². The molecular formula is C9H18O2. The molecule has 66 valence electrons. The van der Waals surface area contributed by atoms with Crippen LogP contribution in [-0.2, 0) is 9.47 Å². The summed E-state index contributed by atoms with van der Waals surface area (Å²) in [6.07, 6.45) is 2.51. The van der Waals surface area contributed by atoms with Crippen molar-refractivity contribution in [1.82, 2.24) is 0 Å². The van der Waals surface area contributed by atoms with Gasteiger partial charge in [0.15, 0.2) is 5.79 Å². The average Bonchev–Trinajstić information content (AvgIpc) is 2.27. The lowest BCUT2D eigenvalue weighted by Gasteiger charge is -2.20. The predicted octanol–water partition coefficient (Wildman–Crippen LogP) is 2.33. The maximum Gasteiger partial charge on any atom is 0.166 e. The first-order valence-electron chi connectivity index (χ1n) is 4.47. The summed E-state index contributed by atoms with van der Waals surface area (Å²) >= 11 is 0. The first kappa shape index (κ1) is 9.01. The molecule has 0 aromatic rings. The summed E-state index contributed by atoms with van der Waals surface area (Å²) in [5, 5.41) is 0. The van der Waals surface area contributed by atoms with E-state index in [4.69, 9.17) is 9.47 Å². The fraction of sp³-hybridized carbons (Fsp3) is 1.00. The minimum Gasteiger partial charge on any atom is -0.345 e. The zero-order valence-corrected chi connectivity index (χ0v) is 7.89. The monoisotopic (exact) mass is 158 g/mol. The Morgan fingerprint density at radius 1 is 1.27 bits per heavy atom. The lowest BCUT2D eigenvalue weighted by atomic mass is 10.2. The van der Waals surface area contributed by atoms with Gasteiger partial charge in [-0.15, -0.1) is 0 Å². The van der Waals surface area contributed by atoms with Crippen molar-refractivity contribution >= 4 is 0 Å². The van der Waals surface area contributed by atoms with E-state index in [2.05, 4.69) is 20.8 Å². The first-order chi connectivity index (χ1) is 5.11. The van der Waals surface area contributed by atoms with Crippen LogP contribution in [0.3, 0.4) is 0 Å². The van der Waals surface area contributed by atoms with Gasteiger partial charge in [-0.1, -0.05) is 13.8 Å². The van der Waals surface area contributed by atoms with Crippen LogP contribution in [0.5, 0.6) is 0 Å². The van der Waals surface area contributed by atoms with Gasteiger partial charge in [-0.3, -0.25) is 0 Å². The Morgan fingerprint density at radius 2 is 1.91 bits per heavy atom. The molecule has 2 nitrogen and oxygen atoms in total. The molecule has 1 heterocycles. The van der Waals surface area contributed by atoms with Gasteiger partial charge in [0.25, 0.3) is 0 Å². The molecule has 0 aliphatic carbocycles. The van der Waals surface area contributed by atoms with Crippen molar-refractivity contribution in [3.05, 3.63) is 0 Å². The van der Waals surface area contributed by atoms with E-state index in [-0.39, 0.29) is 11.9 Å². The number of hydrogen-bond acceptors (Lipinski definition) is 2. The standard InChI is InChI=1S/C9H18O2/c1-5-8-7(3)10-9(4,6-2)11-8/h7-8H,5-6H2,1-4H3/t7-,8-,9?/m0/s1. The fourth-order valence-corrected chi connectivity index (χ4v) is 1.49. The second-order valence-electron chi connectivity index (χ2n) is 3.37. The molecule has 0 spiro atoms. The second-order valence-corrected chi connectivity index (χ2v) is 3.37. The van der Waals surface area contributed by atoms with E-state index in [1.54, 1.807) is 0 Å². The Kier molecular flexibility index (Phi) is 2.55. The normalized spacial score (nSPS) is 44.7. The van der Waals surface area contributed by atoms with Crippen LogP contribution in [0.25, 0.3) is 0 Å². The van der Waals surface area contributed by atoms with E-state index in [0.717, 1.165) is 12.8 Å². The summed E-state index contributed by atoms with van der Waals surface area (Å²) in [5.41, 5.74) is 0. The zero-order valence-electron chi connectivity index (χ0n) is 7.89. The summed E-state index contributed by atoms with van der Waals surface area (Å²) in [6.45, 7) is 8.31. The minimum atomic E-state index is -0.319. The van der Waals surface area contributed by atoms with E-state index >= 15 is 0 Å². The summed E-state index contributed by atoms with van der Waals surface area (Å²) in [5.74, 6) is -0.319. The Hall–Kier alpha value is -0.0800. The second kappa shape index (κ2) is 3.11. The Bertz CT molecular complexity index is 136. The Balaban J connectivity index is 2.55. The number of rotatable bonds is 2. The quantitative estimate of drug-likeness (QED) is 0.614. The average molecular weight is 158 g/mol. The van der Waals surface area contributed by atoms with Crippen LogP contribution in [0.2, 0.25) is 0 Å². The zero-order chi connectivity index (χ0) is 8.48. The van der Waals surface area contributed by atoms with Crippen LogP contribution in [-0.4, -0.2) is 18.0 Å². The van der Waals surface area contributed by atoms with Crippen molar-refractivity contribution in [2.24, 2.45) is 0 Å². The fourth-order valence-electron chi connectivity index (χ4n) is 1.49. The van der Waals surface area contributed by atoms with Gasteiger partial charge in [-0.05, 0) is 26.7 Å². The maximum atomic E-state index is 5.74. The van der Waals surface area contributed by atoms with Gasteiger partial charge in [-0.25, -0.2) is 0 Å². The SMILES string of the molecule is CC[C@@H]1OC(C)(CC)O[C@H]1C. The van der Waals surface area contributed by atoms with Gasteiger partial charge >= 0.3 is 0 Å². The van der Waals surface area contributed by atoms with E-state index in [0.29, 0.717) is 6.10 Å². The van der Waals surface area contributed by atoms with Crippen molar-refractivity contribution in [3.8, 4) is 0 Å². The summed E-state index contributed by atoms with van der Waals surface area (Å²) < 4.78 is 11.4. The summed E-state index contributed by atoms with van der Waals surface area (Å²) in [6, 6.07) is 0. The van der Waals surface area contributed by atoms with Gasteiger partial charge in [0.05, 0.1) is 12.2 Å². The highest BCUT2D eigenvalue weighted by Gasteiger charge is 2.39. The Labute approximate surface area is 68.9 Å². The lowest BCUT2D eigenvalue weighted by molar-refractivity contribution is -0.161. The van der Waals surface area contributed by atoms with Crippen molar-refractivity contribution < 1.29 is 9.47 Å². The van der Waals surface area contributed by atoms with Crippen LogP contribution in [0.15, 0.2) is 0 Å².